The number of carbonyl (C=O) groups is 1. The van der Waals surface area contributed by atoms with Gasteiger partial charge in [-0.25, -0.2) is 9.37 Å². The maximum absolute atomic E-state index is 13.2. The number of aromatic amines is 1. The van der Waals surface area contributed by atoms with Crippen molar-refractivity contribution in [2.45, 2.75) is 6.54 Å². The molecular weight excluding hydrogens is 301 g/mol. The number of rotatable bonds is 3. The Bertz CT molecular complexity index is 871. The van der Waals surface area contributed by atoms with Gasteiger partial charge in [0.15, 0.2) is 0 Å². The Balaban J connectivity index is 1.85. The van der Waals surface area contributed by atoms with Gasteiger partial charge < -0.3 is 20.1 Å². The molecular formula is C16H14FN3O3. The number of aromatic hydroxyl groups is 2. The van der Waals surface area contributed by atoms with E-state index in [4.69, 9.17) is 0 Å². The Hall–Kier alpha value is -3.09. The van der Waals surface area contributed by atoms with Crippen LogP contribution in [0.15, 0.2) is 36.4 Å². The number of phenolic OH excluding ortho intramolecular Hbond substituents is 2. The van der Waals surface area contributed by atoms with E-state index in [0.717, 1.165) is 0 Å². The zero-order chi connectivity index (χ0) is 16.6. The van der Waals surface area contributed by atoms with Crippen molar-refractivity contribution >= 4 is 16.9 Å². The van der Waals surface area contributed by atoms with Crippen molar-refractivity contribution in [1.29, 1.82) is 0 Å². The first-order valence-electron chi connectivity index (χ1n) is 6.86. The average molecular weight is 315 g/mol. The smallest absolute Gasteiger partial charge is 0.261 e. The summed E-state index contributed by atoms with van der Waals surface area (Å²) in [6.45, 7) is 0.114. The van der Waals surface area contributed by atoms with Crippen molar-refractivity contribution in [2.24, 2.45) is 0 Å². The summed E-state index contributed by atoms with van der Waals surface area (Å²) in [6.07, 6.45) is 0. The lowest BCUT2D eigenvalue weighted by molar-refractivity contribution is 0.0775. The molecule has 0 bridgehead atoms. The van der Waals surface area contributed by atoms with Crippen LogP contribution in [0.1, 0.15) is 16.2 Å². The summed E-state index contributed by atoms with van der Waals surface area (Å²) in [5.41, 5.74) is 0.955. The quantitative estimate of drug-likeness (QED) is 0.692. The maximum atomic E-state index is 13.2. The fourth-order valence-electron chi connectivity index (χ4n) is 2.34. The molecule has 0 aliphatic carbocycles. The Kier molecular flexibility index (Phi) is 3.61. The molecule has 0 unspecified atom stereocenters. The molecule has 3 N–H and O–H groups in total. The molecule has 0 saturated heterocycles. The number of imidazole rings is 1. The van der Waals surface area contributed by atoms with Gasteiger partial charge in [-0.3, -0.25) is 4.79 Å². The molecule has 1 aromatic heterocycles. The molecule has 0 atom stereocenters. The molecule has 118 valence electrons. The number of fused-ring (bicyclic) bond motifs is 1. The van der Waals surface area contributed by atoms with Crippen molar-refractivity contribution < 1.29 is 19.4 Å². The van der Waals surface area contributed by atoms with Crippen LogP contribution in [0.2, 0.25) is 0 Å². The van der Waals surface area contributed by atoms with Gasteiger partial charge in [-0.2, -0.15) is 0 Å². The van der Waals surface area contributed by atoms with Gasteiger partial charge in [0.2, 0.25) is 0 Å². The van der Waals surface area contributed by atoms with E-state index in [9.17, 15) is 19.4 Å². The number of H-pyrrole nitrogens is 1. The van der Waals surface area contributed by atoms with E-state index in [-0.39, 0.29) is 29.4 Å². The Morgan fingerprint density at radius 2 is 1.96 bits per heavy atom. The highest BCUT2D eigenvalue weighted by Gasteiger charge is 2.20. The van der Waals surface area contributed by atoms with Gasteiger partial charge in [0.25, 0.3) is 5.91 Å². The van der Waals surface area contributed by atoms with Gasteiger partial charge in [-0.15, -0.1) is 0 Å². The fraction of sp³-hybridized carbons (Fsp3) is 0.125. The minimum absolute atomic E-state index is 0.114. The van der Waals surface area contributed by atoms with Crippen LogP contribution in [0.4, 0.5) is 4.39 Å². The molecule has 1 amide bonds. The zero-order valence-electron chi connectivity index (χ0n) is 12.2. The standard InChI is InChI=1S/C16H14FN3O3/c1-20(16(23)15-12(21)3-2-4-13(15)22)8-14-18-10-6-5-9(17)7-11(10)19-14/h2-7,21-22H,8H2,1H3,(H,18,19). The number of carbonyl (C=O) groups excluding carboxylic acids is 1. The lowest BCUT2D eigenvalue weighted by Gasteiger charge is -2.17. The SMILES string of the molecule is CN(Cc1nc2ccc(F)cc2[nH]1)C(=O)c1c(O)cccc1O. The number of nitrogens with one attached hydrogen (secondary N) is 1. The summed E-state index contributed by atoms with van der Waals surface area (Å²) >= 11 is 0. The number of halogens is 1. The second-order valence-electron chi connectivity index (χ2n) is 5.18. The number of aromatic nitrogens is 2. The highest BCUT2D eigenvalue weighted by molar-refractivity contribution is 5.99. The van der Waals surface area contributed by atoms with E-state index in [1.807, 2.05) is 0 Å². The van der Waals surface area contributed by atoms with Crippen molar-refractivity contribution in [3.8, 4) is 11.5 Å². The first kappa shape index (κ1) is 14.8. The molecule has 0 radical (unpaired) electrons. The summed E-state index contributed by atoms with van der Waals surface area (Å²) in [7, 11) is 1.52. The summed E-state index contributed by atoms with van der Waals surface area (Å²) < 4.78 is 13.2. The van der Waals surface area contributed by atoms with Crippen LogP contribution in [0, 0.1) is 5.82 Å². The van der Waals surface area contributed by atoms with Gasteiger partial charge in [0, 0.05) is 7.05 Å². The Morgan fingerprint density at radius 3 is 2.65 bits per heavy atom. The van der Waals surface area contributed by atoms with E-state index in [2.05, 4.69) is 9.97 Å². The van der Waals surface area contributed by atoms with Crippen LogP contribution in [-0.2, 0) is 6.54 Å². The second-order valence-corrected chi connectivity index (χ2v) is 5.18. The molecule has 3 rings (SSSR count). The molecule has 2 aromatic carbocycles. The molecule has 6 nitrogen and oxygen atoms in total. The van der Waals surface area contributed by atoms with E-state index in [0.29, 0.717) is 16.9 Å². The Morgan fingerprint density at radius 1 is 1.26 bits per heavy atom. The second kappa shape index (κ2) is 5.60. The molecule has 0 fully saturated rings. The molecule has 0 spiro atoms. The van der Waals surface area contributed by atoms with E-state index < -0.39 is 5.91 Å². The number of amides is 1. The van der Waals surface area contributed by atoms with Gasteiger partial charge >= 0.3 is 0 Å². The van der Waals surface area contributed by atoms with Crippen molar-refractivity contribution in [2.75, 3.05) is 7.05 Å². The number of nitrogens with zero attached hydrogens (tertiary/aromatic N) is 2. The minimum Gasteiger partial charge on any atom is -0.507 e. The van der Waals surface area contributed by atoms with Crippen LogP contribution < -0.4 is 0 Å². The van der Waals surface area contributed by atoms with Crippen LogP contribution in [-0.4, -0.2) is 38.0 Å². The highest BCUT2D eigenvalue weighted by atomic mass is 19.1. The van der Waals surface area contributed by atoms with Crippen molar-refractivity contribution in [3.05, 3.63) is 53.6 Å². The summed E-state index contributed by atoms with van der Waals surface area (Å²) in [5, 5.41) is 19.5. The minimum atomic E-state index is -0.549. The molecule has 1 heterocycles. The first-order valence-corrected chi connectivity index (χ1v) is 6.86. The topological polar surface area (TPSA) is 89.5 Å². The van der Waals surface area contributed by atoms with Crippen molar-refractivity contribution in [3.63, 3.8) is 0 Å². The third-order valence-electron chi connectivity index (χ3n) is 3.46. The predicted octanol–water partition coefficient (Wildman–Crippen LogP) is 2.39. The number of hydrogen-bond acceptors (Lipinski definition) is 4. The first-order chi connectivity index (χ1) is 11.0. The van der Waals surface area contributed by atoms with Crippen LogP contribution in [0.5, 0.6) is 11.5 Å². The summed E-state index contributed by atoms with van der Waals surface area (Å²) in [5.74, 6) is -1.05. The van der Waals surface area contributed by atoms with Gasteiger partial charge in [-0.1, -0.05) is 6.07 Å². The van der Waals surface area contributed by atoms with Gasteiger partial charge in [0.1, 0.15) is 28.7 Å². The molecule has 7 heteroatoms. The molecule has 23 heavy (non-hydrogen) atoms. The van der Waals surface area contributed by atoms with E-state index >= 15 is 0 Å². The molecule has 0 saturated carbocycles. The third-order valence-corrected chi connectivity index (χ3v) is 3.46. The largest absolute Gasteiger partial charge is 0.507 e. The summed E-state index contributed by atoms with van der Waals surface area (Å²) in [4.78, 5) is 20.9. The summed E-state index contributed by atoms with van der Waals surface area (Å²) in [6, 6.07) is 8.26. The van der Waals surface area contributed by atoms with E-state index in [1.165, 1.54) is 42.3 Å². The number of hydrogen-bond donors (Lipinski definition) is 3. The van der Waals surface area contributed by atoms with Crippen LogP contribution in [0.3, 0.4) is 0 Å². The number of phenols is 2. The predicted molar refractivity (Wildman–Crippen MR) is 81.6 cm³/mol. The number of benzene rings is 2. The normalized spacial score (nSPS) is 10.9. The zero-order valence-corrected chi connectivity index (χ0v) is 12.2. The van der Waals surface area contributed by atoms with Crippen LogP contribution in [0.25, 0.3) is 11.0 Å². The fourth-order valence-corrected chi connectivity index (χ4v) is 2.34. The van der Waals surface area contributed by atoms with Crippen molar-refractivity contribution in [1.82, 2.24) is 14.9 Å². The van der Waals surface area contributed by atoms with Gasteiger partial charge in [-0.05, 0) is 30.3 Å². The Labute approximate surface area is 130 Å². The monoisotopic (exact) mass is 315 g/mol. The third kappa shape index (κ3) is 2.80. The maximum Gasteiger partial charge on any atom is 0.261 e. The lowest BCUT2D eigenvalue weighted by Crippen LogP contribution is -2.26. The van der Waals surface area contributed by atoms with Crippen LogP contribution >= 0.6 is 0 Å². The lowest BCUT2D eigenvalue weighted by atomic mass is 10.1. The molecule has 0 aliphatic heterocycles. The van der Waals surface area contributed by atoms with Gasteiger partial charge in [0.05, 0.1) is 17.6 Å². The average Bonchev–Trinajstić information content (AvgIpc) is 2.88. The molecule has 0 aliphatic rings. The molecule has 3 aromatic rings. The highest BCUT2D eigenvalue weighted by Crippen LogP contribution is 2.27. The van der Waals surface area contributed by atoms with E-state index in [1.54, 1.807) is 6.07 Å².